The summed E-state index contributed by atoms with van der Waals surface area (Å²) in [7, 11) is 1.65. The molecule has 0 saturated carbocycles. The van der Waals surface area contributed by atoms with Crippen LogP contribution in [0.25, 0.3) is 0 Å². The van der Waals surface area contributed by atoms with Crippen molar-refractivity contribution in [3.05, 3.63) is 29.8 Å². The van der Waals surface area contributed by atoms with E-state index in [-0.39, 0.29) is 5.97 Å². The van der Waals surface area contributed by atoms with Crippen LogP contribution in [-0.2, 0) is 16.1 Å². The molecule has 0 aliphatic heterocycles. The number of rotatable bonds is 8. The van der Waals surface area contributed by atoms with Crippen molar-refractivity contribution >= 4 is 5.97 Å². The smallest absolute Gasteiger partial charge is 0.305 e. The van der Waals surface area contributed by atoms with Gasteiger partial charge in [-0.1, -0.05) is 19.1 Å². The Bertz CT molecular complexity index is 349. The van der Waals surface area contributed by atoms with Crippen LogP contribution < -0.4 is 10.1 Å². The van der Waals surface area contributed by atoms with Crippen LogP contribution in [0, 0.1) is 0 Å². The standard InChI is InChI=1S/C14H21NO3/c1-3-4-14(16)18-10-9-15-11-12-5-7-13(17-2)8-6-12/h5-8,15H,3-4,9-11H2,1-2H3. The Hall–Kier alpha value is -1.55. The minimum Gasteiger partial charge on any atom is -0.497 e. The van der Waals surface area contributed by atoms with E-state index in [0.717, 1.165) is 18.7 Å². The molecular weight excluding hydrogens is 230 g/mol. The molecule has 1 aromatic rings. The van der Waals surface area contributed by atoms with Crippen LogP contribution in [0.1, 0.15) is 25.3 Å². The SMILES string of the molecule is CCCC(=O)OCCNCc1ccc(OC)cc1. The second kappa shape index (κ2) is 8.53. The van der Waals surface area contributed by atoms with Gasteiger partial charge in [0.1, 0.15) is 12.4 Å². The average Bonchev–Trinajstić information content (AvgIpc) is 2.39. The van der Waals surface area contributed by atoms with E-state index in [1.165, 1.54) is 5.56 Å². The highest BCUT2D eigenvalue weighted by atomic mass is 16.5. The van der Waals surface area contributed by atoms with Crippen molar-refractivity contribution in [3.63, 3.8) is 0 Å². The zero-order valence-electron chi connectivity index (χ0n) is 11.1. The largest absolute Gasteiger partial charge is 0.497 e. The summed E-state index contributed by atoms with van der Waals surface area (Å²) in [6, 6.07) is 7.88. The van der Waals surface area contributed by atoms with Crippen LogP contribution in [0.2, 0.25) is 0 Å². The van der Waals surface area contributed by atoms with Crippen molar-refractivity contribution in [1.82, 2.24) is 5.32 Å². The first-order valence-corrected chi connectivity index (χ1v) is 6.25. The normalized spacial score (nSPS) is 10.1. The molecule has 4 nitrogen and oxygen atoms in total. The first kappa shape index (κ1) is 14.5. The number of ether oxygens (including phenoxy) is 2. The number of methoxy groups -OCH3 is 1. The van der Waals surface area contributed by atoms with E-state index in [0.29, 0.717) is 19.6 Å². The molecule has 1 rings (SSSR count). The van der Waals surface area contributed by atoms with Crippen LogP contribution in [0.5, 0.6) is 5.75 Å². The Labute approximate surface area is 108 Å². The van der Waals surface area contributed by atoms with Crippen LogP contribution in [0.15, 0.2) is 24.3 Å². The predicted molar refractivity (Wildman–Crippen MR) is 70.6 cm³/mol. The monoisotopic (exact) mass is 251 g/mol. The van der Waals surface area contributed by atoms with E-state index in [4.69, 9.17) is 9.47 Å². The predicted octanol–water partition coefficient (Wildman–Crippen LogP) is 2.13. The summed E-state index contributed by atoms with van der Waals surface area (Å²) in [6.07, 6.45) is 1.33. The van der Waals surface area contributed by atoms with Gasteiger partial charge in [0.25, 0.3) is 0 Å². The van der Waals surface area contributed by atoms with E-state index in [2.05, 4.69) is 5.32 Å². The summed E-state index contributed by atoms with van der Waals surface area (Å²) in [4.78, 5) is 11.1. The second-order valence-electron chi connectivity index (χ2n) is 4.00. The maximum Gasteiger partial charge on any atom is 0.305 e. The lowest BCUT2D eigenvalue weighted by atomic mass is 10.2. The van der Waals surface area contributed by atoms with Crippen molar-refractivity contribution in [2.75, 3.05) is 20.3 Å². The average molecular weight is 251 g/mol. The molecule has 0 aliphatic rings. The van der Waals surface area contributed by atoms with E-state index in [9.17, 15) is 4.79 Å². The maximum absolute atomic E-state index is 11.1. The van der Waals surface area contributed by atoms with Crippen molar-refractivity contribution < 1.29 is 14.3 Å². The quantitative estimate of drug-likeness (QED) is 0.568. The molecule has 0 fully saturated rings. The van der Waals surface area contributed by atoms with Gasteiger partial charge < -0.3 is 14.8 Å². The summed E-state index contributed by atoms with van der Waals surface area (Å²) in [5.74, 6) is 0.732. The van der Waals surface area contributed by atoms with Gasteiger partial charge in [0.2, 0.25) is 0 Å². The molecule has 1 aromatic carbocycles. The van der Waals surface area contributed by atoms with Crippen LogP contribution >= 0.6 is 0 Å². The Morgan fingerprint density at radius 3 is 2.61 bits per heavy atom. The first-order chi connectivity index (χ1) is 8.76. The molecule has 0 atom stereocenters. The summed E-state index contributed by atoms with van der Waals surface area (Å²) in [6.45, 7) is 3.81. The Morgan fingerprint density at radius 1 is 1.28 bits per heavy atom. The molecule has 0 radical (unpaired) electrons. The van der Waals surface area contributed by atoms with Crippen molar-refractivity contribution in [2.24, 2.45) is 0 Å². The number of benzene rings is 1. The van der Waals surface area contributed by atoms with Gasteiger partial charge in [0.15, 0.2) is 0 Å². The molecule has 0 spiro atoms. The van der Waals surface area contributed by atoms with Crippen LogP contribution in [0.3, 0.4) is 0 Å². The molecule has 100 valence electrons. The first-order valence-electron chi connectivity index (χ1n) is 6.25. The number of carbonyl (C=O) groups excluding carboxylic acids is 1. The molecule has 0 aliphatic carbocycles. The van der Waals surface area contributed by atoms with Gasteiger partial charge in [0, 0.05) is 19.5 Å². The fourth-order valence-electron chi connectivity index (χ4n) is 1.49. The van der Waals surface area contributed by atoms with E-state index >= 15 is 0 Å². The lowest BCUT2D eigenvalue weighted by Crippen LogP contribution is -2.20. The van der Waals surface area contributed by atoms with E-state index < -0.39 is 0 Å². The fourth-order valence-corrected chi connectivity index (χ4v) is 1.49. The summed E-state index contributed by atoms with van der Waals surface area (Å²) >= 11 is 0. The van der Waals surface area contributed by atoms with Crippen molar-refractivity contribution in [2.45, 2.75) is 26.3 Å². The highest BCUT2D eigenvalue weighted by molar-refractivity contribution is 5.69. The van der Waals surface area contributed by atoms with E-state index in [1.807, 2.05) is 31.2 Å². The molecule has 0 heterocycles. The number of hydrogen-bond acceptors (Lipinski definition) is 4. The Balaban J connectivity index is 2.12. The third-order valence-corrected chi connectivity index (χ3v) is 2.48. The number of hydrogen-bond donors (Lipinski definition) is 1. The topological polar surface area (TPSA) is 47.6 Å². The van der Waals surface area contributed by atoms with Crippen molar-refractivity contribution in [1.29, 1.82) is 0 Å². The number of carbonyl (C=O) groups is 1. The zero-order chi connectivity index (χ0) is 13.2. The molecular formula is C14H21NO3. The Kier molecular flexibility index (Phi) is 6.87. The Morgan fingerprint density at radius 2 is 2.00 bits per heavy atom. The highest BCUT2D eigenvalue weighted by Crippen LogP contribution is 2.10. The molecule has 0 amide bonds. The minimum absolute atomic E-state index is 0.122. The van der Waals surface area contributed by atoms with Crippen LogP contribution in [0.4, 0.5) is 0 Å². The molecule has 4 heteroatoms. The van der Waals surface area contributed by atoms with E-state index in [1.54, 1.807) is 7.11 Å². The lowest BCUT2D eigenvalue weighted by Gasteiger charge is -2.07. The van der Waals surface area contributed by atoms with Gasteiger partial charge in [-0.05, 0) is 24.1 Å². The van der Waals surface area contributed by atoms with Gasteiger partial charge in [-0.25, -0.2) is 0 Å². The van der Waals surface area contributed by atoms with Gasteiger partial charge >= 0.3 is 5.97 Å². The third-order valence-electron chi connectivity index (χ3n) is 2.48. The molecule has 18 heavy (non-hydrogen) atoms. The number of esters is 1. The fraction of sp³-hybridized carbons (Fsp3) is 0.500. The molecule has 0 unspecified atom stereocenters. The lowest BCUT2D eigenvalue weighted by molar-refractivity contribution is -0.143. The van der Waals surface area contributed by atoms with Gasteiger partial charge in [-0.3, -0.25) is 4.79 Å². The summed E-state index contributed by atoms with van der Waals surface area (Å²) in [5.41, 5.74) is 1.18. The highest BCUT2D eigenvalue weighted by Gasteiger charge is 1.99. The van der Waals surface area contributed by atoms with Gasteiger partial charge in [-0.2, -0.15) is 0 Å². The molecule has 0 aromatic heterocycles. The second-order valence-corrected chi connectivity index (χ2v) is 4.00. The third kappa shape index (κ3) is 5.68. The van der Waals surface area contributed by atoms with Gasteiger partial charge in [-0.15, -0.1) is 0 Å². The number of nitrogens with one attached hydrogen (secondary N) is 1. The summed E-state index contributed by atoms with van der Waals surface area (Å²) < 4.78 is 10.1. The minimum atomic E-state index is -0.122. The summed E-state index contributed by atoms with van der Waals surface area (Å²) in [5, 5.41) is 3.22. The molecule has 0 saturated heterocycles. The van der Waals surface area contributed by atoms with Crippen LogP contribution in [-0.4, -0.2) is 26.2 Å². The van der Waals surface area contributed by atoms with Gasteiger partial charge in [0.05, 0.1) is 7.11 Å². The molecule has 1 N–H and O–H groups in total. The maximum atomic E-state index is 11.1. The van der Waals surface area contributed by atoms with Crippen molar-refractivity contribution in [3.8, 4) is 5.75 Å². The molecule has 0 bridgehead atoms. The zero-order valence-corrected chi connectivity index (χ0v) is 11.1.